The van der Waals surface area contributed by atoms with Crippen molar-refractivity contribution in [3.8, 4) is 0 Å². The highest BCUT2D eigenvalue weighted by atomic mass is 35.5. The first kappa shape index (κ1) is 21.6. The summed E-state index contributed by atoms with van der Waals surface area (Å²) in [6, 6.07) is 4.74. The second-order valence-electron chi connectivity index (χ2n) is 5.58. The number of thioether (sulfide) groups is 1. The second kappa shape index (κ2) is 9.01. The van der Waals surface area contributed by atoms with Gasteiger partial charge >= 0.3 is 0 Å². The number of halogens is 1. The molecule has 7 nitrogen and oxygen atoms in total. The number of benzene rings is 1. The van der Waals surface area contributed by atoms with Crippen molar-refractivity contribution >= 4 is 45.0 Å². The molecule has 1 aromatic carbocycles. The van der Waals surface area contributed by atoms with Gasteiger partial charge in [-0.2, -0.15) is 4.31 Å². The molecule has 0 spiro atoms. The predicted molar refractivity (Wildman–Crippen MR) is 108 cm³/mol. The summed E-state index contributed by atoms with van der Waals surface area (Å²) in [6.07, 6.45) is 3.15. The van der Waals surface area contributed by atoms with Crippen molar-refractivity contribution in [3.63, 3.8) is 0 Å². The van der Waals surface area contributed by atoms with E-state index in [-0.39, 0.29) is 15.6 Å². The Hall–Kier alpha value is -1.68. The van der Waals surface area contributed by atoms with Gasteiger partial charge in [0, 0.05) is 18.8 Å². The lowest BCUT2D eigenvalue weighted by Crippen LogP contribution is -2.31. The number of aromatic nitrogens is 2. The van der Waals surface area contributed by atoms with Crippen LogP contribution in [0.15, 0.2) is 34.4 Å². The summed E-state index contributed by atoms with van der Waals surface area (Å²) in [5, 5.41) is 3.19. The molecule has 1 amide bonds. The number of rotatable bonds is 7. The van der Waals surface area contributed by atoms with Gasteiger partial charge < -0.3 is 5.32 Å². The summed E-state index contributed by atoms with van der Waals surface area (Å²) < 4.78 is 27.0. The first-order valence-electron chi connectivity index (χ1n) is 8.23. The van der Waals surface area contributed by atoms with Crippen LogP contribution in [0.3, 0.4) is 0 Å². The van der Waals surface area contributed by atoms with E-state index in [1.807, 2.05) is 0 Å². The van der Waals surface area contributed by atoms with Crippen molar-refractivity contribution in [2.24, 2.45) is 0 Å². The fraction of sp³-hybridized carbons (Fsp3) is 0.353. The largest absolute Gasteiger partial charge is 0.321 e. The Kier molecular flexibility index (Phi) is 7.21. The SMILES string of the molecule is CCN(CC)S(=O)(=O)c1cc(NC(=O)c2nc(SC)ncc2Cl)ccc1C. The Labute approximate surface area is 168 Å². The van der Waals surface area contributed by atoms with Gasteiger partial charge in [-0.15, -0.1) is 0 Å². The third kappa shape index (κ3) is 4.78. The number of nitrogens with zero attached hydrogens (tertiary/aromatic N) is 3. The van der Waals surface area contributed by atoms with Crippen LogP contribution in [0.2, 0.25) is 5.02 Å². The number of sulfonamides is 1. The van der Waals surface area contributed by atoms with E-state index < -0.39 is 15.9 Å². The van der Waals surface area contributed by atoms with Gasteiger partial charge in [0.1, 0.15) is 0 Å². The fourth-order valence-corrected chi connectivity index (χ4v) is 4.68. The maximum Gasteiger partial charge on any atom is 0.275 e. The maximum atomic E-state index is 12.8. The van der Waals surface area contributed by atoms with Gasteiger partial charge in [-0.25, -0.2) is 18.4 Å². The lowest BCUT2D eigenvalue weighted by atomic mass is 10.2. The zero-order chi connectivity index (χ0) is 20.2. The van der Waals surface area contributed by atoms with Crippen LogP contribution in [-0.2, 0) is 10.0 Å². The molecule has 1 N–H and O–H groups in total. The number of aryl methyl sites for hydroxylation is 1. The van der Waals surface area contributed by atoms with E-state index in [4.69, 9.17) is 11.6 Å². The highest BCUT2D eigenvalue weighted by Gasteiger charge is 2.24. The molecule has 1 heterocycles. The Bertz CT molecular complexity index is 947. The zero-order valence-corrected chi connectivity index (χ0v) is 17.9. The molecule has 2 aromatic rings. The molecule has 0 aliphatic rings. The van der Waals surface area contributed by atoms with E-state index >= 15 is 0 Å². The molecule has 0 fully saturated rings. The Morgan fingerprint density at radius 1 is 1.30 bits per heavy atom. The Morgan fingerprint density at radius 3 is 2.56 bits per heavy atom. The fourth-order valence-electron chi connectivity index (χ4n) is 2.46. The summed E-state index contributed by atoms with van der Waals surface area (Å²) in [5.74, 6) is -0.534. The summed E-state index contributed by atoms with van der Waals surface area (Å²) >= 11 is 7.31. The van der Waals surface area contributed by atoms with Crippen LogP contribution in [0.4, 0.5) is 5.69 Å². The van der Waals surface area contributed by atoms with Crippen LogP contribution in [0.1, 0.15) is 29.9 Å². The van der Waals surface area contributed by atoms with Crippen molar-refractivity contribution < 1.29 is 13.2 Å². The monoisotopic (exact) mass is 428 g/mol. The number of anilines is 1. The van der Waals surface area contributed by atoms with E-state index in [0.717, 1.165) is 0 Å². The molecule has 146 valence electrons. The summed E-state index contributed by atoms with van der Waals surface area (Å²) in [4.78, 5) is 20.8. The van der Waals surface area contributed by atoms with E-state index in [2.05, 4.69) is 15.3 Å². The molecular formula is C17H21ClN4O3S2. The van der Waals surface area contributed by atoms with Gasteiger partial charge in [-0.05, 0) is 30.9 Å². The van der Waals surface area contributed by atoms with Crippen molar-refractivity contribution in [2.75, 3.05) is 24.7 Å². The molecule has 0 saturated heterocycles. The summed E-state index contributed by atoms with van der Waals surface area (Å²) in [7, 11) is -3.65. The van der Waals surface area contributed by atoms with Gasteiger partial charge in [0.2, 0.25) is 10.0 Å². The standard InChI is InChI=1S/C17H21ClN4O3S2/c1-5-22(6-2)27(24,25)14-9-12(8-7-11(14)3)20-16(23)15-13(18)10-19-17(21-15)26-4/h7-10H,5-6H2,1-4H3,(H,20,23). The minimum absolute atomic E-state index is 0.0322. The molecule has 10 heteroatoms. The van der Waals surface area contributed by atoms with Gasteiger partial charge in [0.25, 0.3) is 5.91 Å². The molecular weight excluding hydrogens is 408 g/mol. The quantitative estimate of drug-likeness (QED) is 0.536. The van der Waals surface area contributed by atoms with E-state index in [1.165, 1.54) is 28.3 Å². The van der Waals surface area contributed by atoms with Crippen molar-refractivity contribution in [2.45, 2.75) is 30.8 Å². The number of nitrogens with one attached hydrogen (secondary N) is 1. The lowest BCUT2D eigenvalue weighted by molar-refractivity contribution is 0.102. The number of hydrogen-bond donors (Lipinski definition) is 1. The highest BCUT2D eigenvalue weighted by molar-refractivity contribution is 7.98. The van der Waals surface area contributed by atoms with E-state index in [1.54, 1.807) is 39.2 Å². The highest BCUT2D eigenvalue weighted by Crippen LogP contribution is 2.25. The molecule has 27 heavy (non-hydrogen) atoms. The number of carbonyl (C=O) groups is 1. The van der Waals surface area contributed by atoms with Gasteiger partial charge in [0.15, 0.2) is 10.9 Å². The Morgan fingerprint density at radius 2 is 1.96 bits per heavy atom. The zero-order valence-electron chi connectivity index (χ0n) is 15.5. The van der Waals surface area contributed by atoms with Crippen LogP contribution >= 0.6 is 23.4 Å². The number of hydrogen-bond acceptors (Lipinski definition) is 6. The van der Waals surface area contributed by atoms with Crippen molar-refractivity contribution in [1.29, 1.82) is 0 Å². The summed E-state index contributed by atoms with van der Waals surface area (Å²) in [6.45, 7) is 6.00. The second-order valence-corrected chi connectivity index (χ2v) is 8.66. The first-order chi connectivity index (χ1) is 12.7. The smallest absolute Gasteiger partial charge is 0.275 e. The lowest BCUT2D eigenvalue weighted by Gasteiger charge is -2.20. The van der Waals surface area contributed by atoms with Crippen LogP contribution in [0.5, 0.6) is 0 Å². The molecule has 0 saturated carbocycles. The minimum atomic E-state index is -3.65. The third-order valence-electron chi connectivity index (χ3n) is 3.89. The van der Waals surface area contributed by atoms with Crippen molar-refractivity contribution in [3.05, 3.63) is 40.7 Å². The van der Waals surface area contributed by atoms with Crippen LogP contribution in [0.25, 0.3) is 0 Å². The third-order valence-corrected chi connectivity index (χ3v) is 6.92. The maximum absolute atomic E-state index is 12.8. The Balaban J connectivity index is 2.38. The van der Waals surface area contributed by atoms with Gasteiger partial charge in [-0.1, -0.05) is 43.3 Å². The van der Waals surface area contributed by atoms with Gasteiger partial charge in [0.05, 0.1) is 16.1 Å². The van der Waals surface area contributed by atoms with Crippen LogP contribution in [0, 0.1) is 6.92 Å². The van der Waals surface area contributed by atoms with Crippen LogP contribution in [-0.4, -0.2) is 47.9 Å². The average Bonchev–Trinajstić information content (AvgIpc) is 2.64. The molecule has 0 aliphatic carbocycles. The average molecular weight is 429 g/mol. The molecule has 0 radical (unpaired) electrons. The van der Waals surface area contributed by atoms with Gasteiger partial charge in [-0.3, -0.25) is 4.79 Å². The molecule has 0 aliphatic heterocycles. The topological polar surface area (TPSA) is 92.3 Å². The molecule has 1 aromatic heterocycles. The molecule has 0 bridgehead atoms. The number of amides is 1. The van der Waals surface area contributed by atoms with E-state index in [0.29, 0.717) is 29.5 Å². The normalized spacial score (nSPS) is 11.6. The summed E-state index contributed by atoms with van der Waals surface area (Å²) in [5.41, 5.74) is 0.978. The van der Waals surface area contributed by atoms with Crippen molar-refractivity contribution in [1.82, 2.24) is 14.3 Å². The van der Waals surface area contributed by atoms with Crippen LogP contribution < -0.4 is 5.32 Å². The van der Waals surface area contributed by atoms with E-state index in [9.17, 15) is 13.2 Å². The molecule has 0 unspecified atom stereocenters. The minimum Gasteiger partial charge on any atom is -0.321 e. The predicted octanol–water partition coefficient (Wildman–Crippen LogP) is 3.44. The molecule has 2 rings (SSSR count). The molecule has 0 atom stereocenters. The number of carbonyl (C=O) groups excluding carboxylic acids is 1. The first-order valence-corrected chi connectivity index (χ1v) is 11.3.